The van der Waals surface area contributed by atoms with E-state index in [4.69, 9.17) is 5.21 Å². The zero-order valence-corrected chi connectivity index (χ0v) is 24.6. The Labute approximate surface area is 268 Å². The van der Waals surface area contributed by atoms with Crippen LogP contribution in [0.2, 0.25) is 0 Å². The van der Waals surface area contributed by atoms with Crippen LogP contribution in [-0.4, -0.2) is 64.1 Å². The summed E-state index contributed by atoms with van der Waals surface area (Å²) in [7, 11) is 0. The van der Waals surface area contributed by atoms with Crippen LogP contribution in [0.3, 0.4) is 0 Å². The van der Waals surface area contributed by atoms with Gasteiger partial charge < -0.3 is 34.9 Å². The van der Waals surface area contributed by atoms with E-state index in [1.165, 1.54) is 52.1 Å². The first-order valence-electron chi connectivity index (χ1n) is 14.1. The van der Waals surface area contributed by atoms with E-state index in [-0.39, 0.29) is 47.9 Å². The highest BCUT2D eigenvalue weighted by Gasteiger charge is 2.32. The van der Waals surface area contributed by atoms with Crippen LogP contribution in [0, 0.1) is 5.21 Å². The molecular weight excluding hydrogens is 652 g/mol. The van der Waals surface area contributed by atoms with Gasteiger partial charge in [-0.25, -0.2) is 9.78 Å². The van der Waals surface area contributed by atoms with Gasteiger partial charge in [0.25, 0.3) is 5.91 Å². The summed E-state index contributed by atoms with van der Waals surface area (Å²) >= 11 is 0. The van der Waals surface area contributed by atoms with Crippen molar-refractivity contribution in [3.63, 3.8) is 0 Å². The number of hydrogen-bond donors (Lipinski definition) is 3. The lowest BCUT2D eigenvalue weighted by atomic mass is 10.1. The third-order valence-corrected chi connectivity index (χ3v) is 7.19. The number of carbonyl (C=O) groups excluding carboxylic acids is 2. The number of carbonyl (C=O) groups is 2. The van der Waals surface area contributed by atoms with Gasteiger partial charge in [0.2, 0.25) is 5.82 Å². The fraction of sp³-hybridized carbons (Fsp3) is 0.233. The molecule has 1 aromatic heterocycles. The van der Waals surface area contributed by atoms with E-state index in [1.54, 1.807) is 12.1 Å². The number of hydrogen-bond acceptors (Lipinski definition) is 8. The van der Waals surface area contributed by atoms with Crippen molar-refractivity contribution in [3.8, 4) is 5.75 Å². The van der Waals surface area contributed by atoms with Crippen molar-refractivity contribution in [1.29, 1.82) is 0 Å². The molecule has 3 amide bonds. The van der Waals surface area contributed by atoms with Crippen LogP contribution < -0.4 is 25.5 Å². The SMILES string of the molecule is O=C(Nc1ccc(OC(F)(F)F)cc1)Nc1cn(Cc2ccc(C(F)(F)F)cc2)c(C(=O)N2CCN(c3ccc(N([O-])O)cc3)CC2)n1. The monoisotopic (exact) mass is 678 g/mol. The van der Waals surface area contributed by atoms with E-state index < -0.39 is 35.8 Å². The number of piperazine rings is 1. The second kappa shape index (κ2) is 13.7. The Bertz CT molecular complexity index is 1720. The fourth-order valence-electron chi connectivity index (χ4n) is 4.88. The van der Waals surface area contributed by atoms with Crippen molar-refractivity contribution in [2.24, 2.45) is 0 Å². The Morgan fingerprint density at radius 1 is 0.875 bits per heavy atom. The lowest BCUT2D eigenvalue weighted by molar-refractivity contribution is -0.274. The van der Waals surface area contributed by atoms with Crippen LogP contribution in [0.15, 0.2) is 79.0 Å². The predicted octanol–water partition coefficient (Wildman–Crippen LogP) is 6.15. The molecule has 0 bridgehead atoms. The topological polar surface area (TPSA) is 138 Å². The third kappa shape index (κ3) is 8.65. The van der Waals surface area contributed by atoms with E-state index in [1.807, 2.05) is 4.90 Å². The quantitative estimate of drug-likeness (QED) is 0.149. The number of imidazole rings is 1. The maximum Gasteiger partial charge on any atom is 0.573 e. The summed E-state index contributed by atoms with van der Waals surface area (Å²) in [5.74, 6) is -1.17. The molecule has 0 spiro atoms. The average molecular weight is 679 g/mol. The summed E-state index contributed by atoms with van der Waals surface area (Å²) in [6, 6.07) is 14.1. The first-order chi connectivity index (χ1) is 22.6. The summed E-state index contributed by atoms with van der Waals surface area (Å²) in [5.41, 5.74) is 0.506. The van der Waals surface area contributed by atoms with Crippen molar-refractivity contribution in [3.05, 3.63) is 101 Å². The van der Waals surface area contributed by atoms with Crippen molar-refractivity contribution >= 4 is 34.8 Å². The molecule has 5 rings (SSSR count). The largest absolute Gasteiger partial charge is 0.733 e. The highest BCUT2D eigenvalue weighted by molar-refractivity contribution is 6.00. The minimum atomic E-state index is -4.89. The van der Waals surface area contributed by atoms with E-state index in [0.717, 1.165) is 30.0 Å². The van der Waals surface area contributed by atoms with E-state index >= 15 is 0 Å². The molecule has 0 atom stereocenters. The molecule has 3 N–H and O–H groups in total. The number of alkyl halides is 6. The van der Waals surface area contributed by atoms with Crippen LogP contribution >= 0.6 is 0 Å². The molecule has 1 saturated heterocycles. The number of nitrogens with one attached hydrogen (secondary N) is 2. The summed E-state index contributed by atoms with van der Waals surface area (Å²) < 4.78 is 81.7. The molecule has 2 heterocycles. The minimum absolute atomic E-state index is 0.0546. The molecule has 18 heteroatoms. The smallest absolute Gasteiger partial charge is 0.573 e. The second-order valence-corrected chi connectivity index (χ2v) is 10.5. The van der Waals surface area contributed by atoms with Gasteiger partial charge in [0.15, 0.2) is 5.82 Å². The summed E-state index contributed by atoms with van der Waals surface area (Å²) in [6.45, 7) is 1.28. The van der Waals surface area contributed by atoms with Crippen LogP contribution in [0.4, 0.5) is 54.0 Å². The molecule has 1 aliphatic heterocycles. The van der Waals surface area contributed by atoms with Gasteiger partial charge in [-0.15, -0.1) is 13.2 Å². The van der Waals surface area contributed by atoms with Gasteiger partial charge >= 0.3 is 18.6 Å². The van der Waals surface area contributed by atoms with E-state index in [9.17, 15) is 41.1 Å². The van der Waals surface area contributed by atoms with Gasteiger partial charge in [0.05, 0.1) is 11.3 Å². The zero-order valence-electron chi connectivity index (χ0n) is 24.6. The van der Waals surface area contributed by atoms with Gasteiger partial charge in [-0.05, 0) is 66.2 Å². The molecule has 0 aliphatic carbocycles. The average Bonchev–Trinajstić information content (AvgIpc) is 3.42. The standard InChI is InChI=1S/C30H26F6N7O5/c31-29(32,33)20-3-1-19(2-4-20)17-42-18-25(39-28(45)37-21-5-11-24(12-6-21)48-30(34,35)36)38-26(42)27(44)41-15-13-40(14-16-41)22-7-9-23(10-8-22)43(46)47/h1-12,18,46H,13-17H2,(H2,37,39,45)/q-1. The van der Waals surface area contributed by atoms with Crippen molar-refractivity contribution in [2.75, 3.05) is 46.9 Å². The zero-order chi connectivity index (χ0) is 34.6. The summed E-state index contributed by atoms with van der Waals surface area (Å²) in [5, 5.41) is 24.7. The lowest BCUT2D eigenvalue weighted by Gasteiger charge is -2.36. The molecule has 12 nitrogen and oxygen atoms in total. The van der Waals surface area contributed by atoms with Gasteiger partial charge in [-0.1, -0.05) is 12.1 Å². The molecule has 0 unspecified atom stereocenters. The van der Waals surface area contributed by atoms with Gasteiger partial charge in [-0.2, -0.15) is 13.2 Å². The molecule has 4 aromatic rings. The number of anilines is 4. The highest BCUT2D eigenvalue weighted by Crippen LogP contribution is 2.30. The van der Waals surface area contributed by atoms with Crippen molar-refractivity contribution in [2.45, 2.75) is 19.1 Å². The number of nitrogens with zero attached hydrogens (tertiary/aromatic N) is 5. The number of benzene rings is 3. The normalized spacial score (nSPS) is 13.7. The fourth-order valence-corrected chi connectivity index (χ4v) is 4.88. The highest BCUT2D eigenvalue weighted by atomic mass is 19.4. The molecule has 1 aliphatic rings. The minimum Gasteiger partial charge on any atom is -0.733 e. The first kappa shape index (κ1) is 33.9. The summed E-state index contributed by atoms with van der Waals surface area (Å²) in [4.78, 5) is 34.1. The Morgan fingerprint density at radius 3 is 2.06 bits per heavy atom. The van der Waals surface area contributed by atoms with Gasteiger partial charge in [-0.3, -0.25) is 15.3 Å². The number of rotatable bonds is 8. The van der Waals surface area contributed by atoms with Gasteiger partial charge in [0, 0.05) is 50.3 Å². The Hall–Kier alpha value is -5.49. The maximum atomic E-state index is 13.7. The number of aromatic nitrogens is 2. The molecular formula is C30H26F6N7O5-. The molecule has 1 fully saturated rings. The number of amides is 3. The van der Waals surface area contributed by atoms with E-state index in [2.05, 4.69) is 20.4 Å². The molecule has 254 valence electrons. The molecule has 0 saturated carbocycles. The van der Waals surface area contributed by atoms with Crippen molar-refractivity contribution in [1.82, 2.24) is 14.5 Å². The second-order valence-electron chi connectivity index (χ2n) is 10.5. The third-order valence-electron chi connectivity index (χ3n) is 7.19. The number of halogens is 6. The molecule has 48 heavy (non-hydrogen) atoms. The van der Waals surface area contributed by atoms with Crippen LogP contribution in [0.5, 0.6) is 5.75 Å². The molecule has 3 aromatic carbocycles. The lowest BCUT2D eigenvalue weighted by Crippen LogP contribution is -2.49. The Balaban J connectivity index is 1.30. The number of ether oxygens (including phenoxy) is 1. The van der Waals surface area contributed by atoms with Gasteiger partial charge in [0.1, 0.15) is 5.75 Å². The predicted molar refractivity (Wildman–Crippen MR) is 161 cm³/mol. The van der Waals surface area contributed by atoms with Crippen LogP contribution in [0.1, 0.15) is 21.7 Å². The Morgan fingerprint density at radius 2 is 1.50 bits per heavy atom. The maximum absolute atomic E-state index is 13.7. The van der Waals surface area contributed by atoms with E-state index in [0.29, 0.717) is 18.7 Å². The molecule has 0 radical (unpaired) electrons. The Kier molecular flexibility index (Phi) is 9.67. The van der Waals surface area contributed by atoms with Crippen molar-refractivity contribution < 1.29 is 45.9 Å². The summed E-state index contributed by atoms with van der Waals surface area (Å²) in [6.07, 6.45) is -8.09. The first-order valence-corrected chi connectivity index (χ1v) is 14.1. The van der Waals surface area contributed by atoms with Crippen LogP contribution in [-0.2, 0) is 12.7 Å². The number of urea groups is 1. The van der Waals surface area contributed by atoms with Crippen LogP contribution in [0.25, 0.3) is 0 Å².